The minimum Gasteiger partial charge on any atom is -0.355 e. The molecule has 2 aromatic rings. The Morgan fingerprint density at radius 3 is 2.12 bits per heavy atom. The van der Waals surface area contributed by atoms with Crippen LogP contribution in [0.2, 0.25) is 0 Å². The summed E-state index contributed by atoms with van der Waals surface area (Å²) in [5, 5.41) is 5.23. The van der Waals surface area contributed by atoms with Crippen molar-refractivity contribution in [2.75, 3.05) is 19.4 Å². The third-order valence-corrected chi connectivity index (χ3v) is 5.10. The second-order valence-corrected chi connectivity index (χ2v) is 7.15. The van der Waals surface area contributed by atoms with Crippen molar-refractivity contribution < 1.29 is 18.0 Å². The third kappa shape index (κ3) is 4.04. The van der Waals surface area contributed by atoms with Gasteiger partial charge >= 0.3 is 0 Å². The highest BCUT2D eigenvalue weighted by Crippen LogP contribution is 2.20. The van der Waals surface area contributed by atoms with Crippen LogP contribution in [0.5, 0.6) is 0 Å². The molecule has 2 amide bonds. The van der Waals surface area contributed by atoms with Gasteiger partial charge in [-0.05, 0) is 49.9 Å². The highest BCUT2D eigenvalue weighted by molar-refractivity contribution is 7.89. The number of hydrogen-bond donors (Lipinski definition) is 3. The Balaban J connectivity index is 2.29. The molecule has 0 fully saturated rings. The Morgan fingerprint density at radius 2 is 1.56 bits per heavy atom. The van der Waals surface area contributed by atoms with E-state index in [1.165, 1.54) is 38.4 Å². The average molecular weight is 361 g/mol. The van der Waals surface area contributed by atoms with Gasteiger partial charge in [-0.3, -0.25) is 9.59 Å². The first-order valence-electron chi connectivity index (χ1n) is 7.47. The fourth-order valence-corrected chi connectivity index (χ4v) is 3.03. The smallest absolute Gasteiger partial charge is 0.255 e. The normalized spacial score (nSPS) is 11.0. The summed E-state index contributed by atoms with van der Waals surface area (Å²) < 4.78 is 25.6. The van der Waals surface area contributed by atoms with E-state index in [2.05, 4.69) is 15.4 Å². The Kier molecular flexibility index (Phi) is 5.55. The number of sulfonamides is 1. The topological polar surface area (TPSA) is 104 Å². The summed E-state index contributed by atoms with van der Waals surface area (Å²) >= 11 is 0. The van der Waals surface area contributed by atoms with E-state index >= 15 is 0 Å². The lowest BCUT2D eigenvalue weighted by molar-refractivity contribution is 0.0963. The van der Waals surface area contributed by atoms with E-state index in [0.29, 0.717) is 11.3 Å². The van der Waals surface area contributed by atoms with Crippen LogP contribution in [0, 0.1) is 6.92 Å². The van der Waals surface area contributed by atoms with Gasteiger partial charge in [0.15, 0.2) is 0 Å². The van der Waals surface area contributed by atoms with Gasteiger partial charge in [0, 0.05) is 12.6 Å². The molecule has 3 N–H and O–H groups in total. The summed E-state index contributed by atoms with van der Waals surface area (Å²) in [6, 6.07) is 10.7. The Labute approximate surface area is 146 Å². The maximum absolute atomic E-state index is 12.4. The molecule has 2 aromatic carbocycles. The predicted molar refractivity (Wildman–Crippen MR) is 95.2 cm³/mol. The molecule has 0 atom stereocenters. The molecule has 25 heavy (non-hydrogen) atoms. The quantitative estimate of drug-likeness (QED) is 0.751. The first-order valence-corrected chi connectivity index (χ1v) is 8.95. The molecule has 0 radical (unpaired) electrons. The zero-order chi connectivity index (χ0) is 18.6. The van der Waals surface area contributed by atoms with E-state index < -0.39 is 15.9 Å². The lowest BCUT2D eigenvalue weighted by Crippen LogP contribution is -2.22. The van der Waals surface area contributed by atoms with Crippen molar-refractivity contribution in [1.29, 1.82) is 0 Å². The van der Waals surface area contributed by atoms with Crippen molar-refractivity contribution in [3.63, 3.8) is 0 Å². The van der Waals surface area contributed by atoms with Gasteiger partial charge in [0.2, 0.25) is 10.0 Å². The number of hydrogen-bond acceptors (Lipinski definition) is 4. The molecule has 0 heterocycles. The first kappa shape index (κ1) is 18.6. The van der Waals surface area contributed by atoms with E-state index in [9.17, 15) is 18.0 Å². The number of nitrogens with one attached hydrogen (secondary N) is 3. The van der Waals surface area contributed by atoms with E-state index in [1.54, 1.807) is 25.1 Å². The van der Waals surface area contributed by atoms with Crippen molar-refractivity contribution in [1.82, 2.24) is 10.0 Å². The summed E-state index contributed by atoms with van der Waals surface area (Å²) in [6.07, 6.45) is 0. The fourth-order valence-electron chi connectivity index (χ4n) is 2.30. The zero-order valence-electron chi connectivity index (χ0n) is 14.1. The molecule has 0 unspecified atom stereocenters. The van der Waals surface area contributed by atoms with Crippen molar-refractivity contribution in [3.8, 4) is 0 Å². The molecule has 0 saturated heterocycles. The van der Waals surface area contributed by atoms with Crippen LogP contribution in [-0.2, 0) is 10.0 Å². The van der Waals surface area contributed by atoms with Crippen LogP contribution in [0.1, 0.15) is 26.3 Å². The molecule has 132 valence electrons. The van der Waals surface area contributed by atoms with Crippen molar-refractivity contribution in [3.05, 3.63) is 59.2 Å². The van der Waals surface area contributed by atoms with Crippen LogP contribution in [0.25, 0.3) is 0 Å². The Bertz CT molecular complexity index is 906. The minimum absolute atomic E-state index is 0.0631. The summed E-state index contributed by atoms with van der Waals surface area (Å²) in [7, 11) is -0.732. The van der Waals surface area contributed by atoms with Crippen LogP contribution in [0.4, 0.5) is 5.69 Å². The molecule has 0 aliphatic carbocycles. The van der Waals surface area contributed by atoms with E-state index in [4.69, 9.17) is 0 Å². The van der Waals surface area contributed by atoms with Crippen LogP contribution in [0.3, 0.4) is 0 Å². The molecule has 0 aliphatic heterocycles. The van der Waals surface area contributed by atoms with Gasteiger partial charge in [-0.25, -0.2) is 13.1 Å². The van der Waals surface area contributed by atoms with Crippen molar-refractivity contribution in [2.45, 2.75) is 11.8 Å². The molecule has 0 aromatic heterocycles. The molecule has 8 heteroatoms. The van der Waals surface area contributed by atoms with Gasteiger partial charge in [0.05, 0.1) is 16.1 Å². The van der Waals surface area contributed by atoms with E-state index in [1.807, 2.05) is 0 Å². The monoisotopic (exact) mass is 361 g/mol. The molecule has 0 saturated carbocycles. The maximum atomic E-state index is 12.4. The predicted octanol–water partition coefficient (Wildman–Crippen LogP) is 1.52. The van der Waals surface area contributed by atoms with Crippen LogP contribution in [0.15, 0.2) is 47.4 Å². The number of amides is 2. The van der Waals surface area contributed by atoms with Gasteiger partial charge in [-0.1, -0.05) is 12.1 Å². The van der Waals surface area contributed by atoms with Crippen molar-refractivity contribution in [2.24, 2.45) is 0 Å². The highest BCUT2D eigenvalue weighted by Gasteiger charge is 2.17. The zero-order valence-corrected chi connectivity index (χ0v) is 14.9. The van der Waals surface area contributed by atoms with Crippen LogP contribution in [-0.4, -0.2) is 34.3 Å². The molecule has 0 aliphatic rings. The Morgan fingerprint density at radius 1 is 0.920 bits per heavy atom. The largest absolute Gasteiger partial charge is 0.355 e. The van der Waals surface area contributed by atoms with Gasteiger partial charge < -0.3 is 10.6 Å². The molecule has 7 nitrogen and oxygen atoms in total. The molecule has 0 bridgehead atoms. The summed E-state index contributed by atoms with van der Waals surface area (Å²) in [5.41, 5.74) is 1.77. The minimum atomic E-state index is -3.56. The van der Waals surface area contributed by atoms with Crippen LogP contribution >= 0.6 is 0 Å². The van der Waals surface area contributed by atoms with Gasteiger partial charge in [-0.15, -0.1) is 0 Å². The molecule has 0 spiro atoms. The van der Waals surface area contributed by atoms with Gasteiger partial charge in [-0.2, -0.15) is 0 Å². The SMILES string of the molecule is CNC(=O)c1c(C)cccc1NC(=O)c1ccc(S(=O)(=O)NC)cc1. The summed E-state index contributed by atoms with van der Waals surface area (Å²) in [5.74, 6) is -0.743. The summed E-state index contributed by atoms with van der Waals surface area (Å²) in [6.45, 7) is 1.78. The molecular formula is C17H19N3O4S. The lowest BCUT2D eigenvalue weighted by atomic mass is 10.1. The number of rotatable bonds is 5. The fraction of sp³-hybridized carbons (Fsp3) is 0.176. The number of anilines is 1. The number of carbonyl (C=O) groups is 2. The standard InChI is InChI=1S/C17H19N3O4S/c1-11-5-4-6-14(15(11)17(22)18-2)20-16(21)12-7-9-13(10-8-12)25(23,24)19-3/h4-10,19H,1-3H3,(H,18,22)(H,20,21). The molecule has 2 rings (SSSR count). The molecular weight excluding hydrogens is 342 g/mol. The van der Waals surface area contributed by atoms with E-state index in [-0.39, 0.29) is 16.4 Å². The second-order valence-electron chi connectivity index (χ2n) is 5.26. The Hall–Kier alpha value is -2.71. The van der Waals surface area contributed by atoms with Gasteiger partial charge in [0.1, 0.15) is 0 Å². The van der Waals surface area contributed by atoms with E-state index in [0.717, 1.165) is 5.56 Å². The average Bonchev–Trinajstić information content (AvgIpc) is 2.61. The second kappa shape index (κ2) is 7.45. The van der Waals surface area contributed by atoms with Crippen molar-refractivity contribution >= 4 is 27.5 Å². The maximum Gasteiger partial charge on any atom is 0.255 e. The number of aryl methyl sites for hydroxylation is 1. The third-order valence-electron chi connectivity index (χ3n) is 3.67. The van der Waals surface area contributed by atoms with Crippen LogP contribution < -0.4 is 15.4 Å². The summed E-state index contributed by atoms with van der Waals surface area (Å²) in [4.78, 5) is 24.5. The number of carbonyl (C=O) groups excluding carboxylic acids is 2. The van der Waals surface area contributed by atoms with Gasteiger partial charge in [0.25, 0.3) is 11.8 Å². The highest BCUT2D eigenvalue weighted by atomic mass is 32.2. The number of benzene rings is 2. The first-order chi connectivity index (χ1) is 11.8. The lowest BCUT2D eigenvalue weighted by Gasteiger charge is -2.13.